The Kier molecular flexibility index (Phi) is 3.85. The van der Waals surface area contributed by atoms with Gasteiger partial charge in [-0.25, -0.2) is 0 Å². The van der Waals surface area contributed by atoms with Crippen molar-refractivity contribution in [2.75, 3.05) is 12.8 Å². The van der Waals surface area contributed by atoms with E-state index in [4.69, 9.17) is 10.5 Å². The van der Waals surface area contributed by atoms with Gasteiger partial charge in [-0.05, 0) is 24.6 Å². The number of nitrogens with zero attached hydrogens (tertiary/aromatic N) is 2. The molecular weight excluding hydrogens is 242 g/mol. The fourth-order valence-corrected chi connectivity index (χ4v) is 1.94. The number of anilines is 1. The summed E-state index contributed by atoms with van der Waals surface area (Å²) in [6.07, 6.45) is 2.79. The summed E-state index contributed by atoms with van der Waals surface area (Å²) < 4.78 is 6.83. The highest BCUT2D eigenvalue weighted by Gasteiger charge is 2.11. The van der Waals surface area contributed by atoms with Gasteiger partial charge >= 0.3 is 0 Å². The number of ether oxygens (including phenoxy) is 1. The monoisotopic (exact) mass is 259 g/mol. The van der Waals surface area contributed by atoms with Crippen molar-refractivity contribution in [1.29, 1.82) is 0 Å². The molecule has 0 spiro atoms. The third kappa shape index (κ3) is 2.93. The molecule has 0 bridgehead atoms. The predicted molar refractivity (Wildman–Crippen MR) is 73.3 cm³/mol. The molecule has 2 rings (SSSR count). The Hall–Kier alpha value is -2.30. The maximum absolute atomic E-state index is 12.1. The van der Waals surface area contributed by atoms with Gasteiger partial charge < -0.3 is 10.5 Å². The van der Waals surface area contributed by atoms with Crippen LogP contribution < -0.4 is 10.5 Å². The molecule has 0 aliphatic rings. The number of carbonyl (C=O) groups excluding carboxylic acids is 1. The number of aryl methyl sites for hydroxylation is 2. The lowest BCUT2D eigenvalue weighted by Gasteiger charge is -2.07. The predicted octanol–water partition coefficient (Wildman–Crippen LogP) is 1.83. The van der Waals surface area contributed by atoms with E-state index in [1.807, 2.05) is 13.1 Å². The van der Waals surface area contributed by atoms with E-state index in [2.05, 4.69) is 5.10 Å². The van der Waals surface area contributed by atoms with Gasteiger partial charge in [0.1, 0.15) is 5.75 Å². The van der Waals surface area contributed by atoms with Crippen molar-refractivity contribution in [1.82, 2.24) is 9.78 Å². The summed E-state index contributed by atoms with van der Waals surface area (Å²) in [6, 6.07) is 7.02. The van der Waals surface area contributed by atoms with Gasteiger partial charge in [-0.2, -0.15) is 5.10 Å². The van der Waals surface area contributed by atoms with E-state index in [-0.39, 0.29) is 5.78 Å². The van der Waals surface area contributed by atoms with Gasteiger partial charge in [0.15, 0.2) is 5.78 Å². The number of benzene rings is 1. The number of nitrogens with two attached hydrogens (primary N) is 1. The Morgan fingerprint density at radius 1 is 1.42 bits per heavy atom. The SMILES string of the molecule is COc1ccc(C(=O)CCc2ccnn2C)c(N)c1. The molecule has 0 atom stereocenters. The summed E-state index contributed by atoms with van der Waals surface area (Å²) in [5, 5.41) is 4.07. The summed E-state index contributed by atoms with van der Waals surface area (Å²) >= 11 is 0. The Bertz CT molecular complexity index is 590. The fourth-order valence-electron chi connectivity index (χ4n) is 1.94. The molecule has 1 aromatic carbocycles. The van der Waals surface area contributed by atoms with Gasteiger partial charge in [0.05, 0.1) is 7.11 Å². The first kappa shape index (κ1) is 13.1. The van der Waals surface area contributed by atoms with Crippen LogP contribution in [0.4, 0.5) is 5.69 Å². The minimum Gasteiger partial charge on any atom is -0.497 e. The molecule has 0 saturated carbocycles. The number of rotatable bonds is 5. The third-order valence-electron chi connectivity index (χ3n) is 3.09. The maximum atomic E-state index is 12.1. The zero-order chi connectivity index (χ0) is 13.8. The smallest absolute Gasteiger partial charge is 0.165 e. The van der Waals surface area contributed by atoms with Crippen LogP contribution in [0.3, 0.4) is 0 Å². The van der Waals surface area contributed by atoms with Crippen LogP contribution in [-0.4, -0.2) is 22.7 Å². The Labute approximate surface area is 112 Å². The molecule has 0 aliphatic carbocycles. The summed E-state index contributed by atoms with van der Waals surface area (Å²) in [5.41, 5.74) is 7.88. The largest absolute Gasteiger partial charge is 0.497 e. The second kappa shape index (κ2) is 5.56. The first-order valence-corrected chi connectivity index (χ1v) is 6.05. The van der Waals surface area contributed by atoms with Gasteiger partial charge in [-0.1, -0.05) is 0 Å². The molecule has 5 heteroatoms. The normalized spacial score (nSPS) is 10.4. The Balaban J connectivity index is 2.06. The van der Waals surface area contributed by atoms with Crippen LogP contribution in [0, 0.1) is 0 Å². The van der Waals surface area contributed by atoms with Crippen LogP contribution in [0.5, 0.6) is 5.75 Å². The molecule has 19 heavy (non-hydrogen) atoms. The molecule has 0 fully saturated rings. The summed E-state index contributed by atoms with van der Waals surface area (Å²) in [5.74, 6) is 0.682. The van der Waals surface area contributed by atoms with Gasteiger partial charge in [0, 0.05) is 42.7 Å². The van der Waals surface area contributed by atoms with Crippen molar-refractivity contribution in [3.05, 3.63) is 41.7 Å². The average molecular weight is 259 g/mol. The van der Waals surface area contributed by atoms with Gasteiger partial charge in [0.2, 0.25) is 0 Å². The minimum atomic E-state index is 0.0290. The molecule has 0 saturated heterocycles. The molecule has 0 aliphatic heterocycles. The average Bonchev–Trinajstić information content (AvgIpc) is 2.81. The number of methoxy groups -OCH3 is 1. The van der Waals surface area contributed by atoms with Crippen molar-refractivity contribution in [3.8, 4) is 5.75 Å². The van der Waals surface area contributed by atoms with Crippen LogP contribution in [0.2, 0.25) is 0 Å². The molecule has 1 heterocycles. The topological polar surface area (TPSA) is 70.1 Å². The van der Waals surface area contributed by atoms with Crippen molar-refractivity contribution in [2.45, 2.75) is 12.8 Å². The second-order valence-corrected chi connectivity index (χ2v) is 4.32. The van der Waals surface area contributed by atoms with Crippen LogP contribution in [0.25, 0.3) is 0 Å². The lowest BCUT2D eigenvalue weighted by molar-refractivity contribution is 0.0983. The third-order valence-corrected chi connectivity index (χ3v) is 3.09. The number of nitrogen functional groups attached to an aromatic ring is 1. The van der Waals surface area contributed by atoms with E-state index >= 15 is 0 Å². The summed E-state index contributed by atoms with van der Waals surface area (Å²) in [4.78, 5) is 12.1. The van der Waals surface area contributed by atoms with E-state index in [0.717, 1.165) is 5.69 Å². The van der Waals surface area contributed by atoms with Crippen molar-refractivity contribution >= 4 is 11.5 Å². The van der Waals surface area contributed by atoms with Crippen LogP contribution in [0.1, 0.15) is 22.5 Å². The van der Waals surface area contributed by atoms with Crippen LogP contribution in [0.15, 0.2) is 30.5 Å². The maximum Gasteiger partial charge on any atom is 0.165 e. The van der Waals surface area contributed by atoms with Crippen molar-refractivity contribution in [3.63, 3.8) is 0 Å². The molecule has 0 amide bonds. The highest BCUT2D eigenvalue weighted by Crippen LogP contribution is 2.21. The summed E-state index contributed by atoms with van der Waals surface area (Å²) in [7, 11) is 3.43. The van der Waals surface area contributed by atoms with E-state index in [0.29, 0.717) is 29.8 Å². The Morgan fingerprint density at radius 3 is 2.79 bits per heavy atom. The zero-order valence-corrected chi connectivity index (χ0v) is 11.1. The molecule has 5 nitrogen and oxygen atoms in total. The van der Waals surface area contributed by atoms with Crippen molar-refractivity contribution < 1.29 is 9.53 Å². The number of carbonyl (C=O) groups is 1. The first-order valence-electron chi connectivity index (χ1n) is 6.05. The quantitative estimate of drug-likeness (QED) is 0.657. The standard InChI is InChI=1S/C14H17N3O2/c1-17-10(7-8-16-17)3-6-14(18)12-5-4-11(19-2)9-13(12)15/h4-5,7-9H,3,6,15H2,1-2H3. The van der Waals surface area contributed by atoms with Gasteiger partial charge in [-0.3, -0.25) is 9.48 Å². The van der Waals surface area contributed by atoms with Gasteiger partial charge in [-0.15, -0.1) is 0 Å². The molecule has 2 N–H and O–H groups in total. The summed E-state index contributed by atoms with van der Waals surface area (Å²) in [6.45, 7) is 0. The van der Waals surface area contributed by atoms with E-state index in [1.165, 1.54) is 0 Å². The number of Topliss-reactive ketones (excluding diaryl/α,β-unsaturated/α-hetero) is 1. The zero-order valence-electron chi connectivity index (χ0n) is 11.1. The van der Waals surface area contributed by atoms with E-state index < -0.39 is 0 Å². The molecular formula is C14H17N3O2. The fraction of sp³-hybridized carbons (Fsp3) is 0.286. The van der Waals surface area contributed by atoms with Crippen LogP contribution >= 0.6 is 0 Å². The highest BCUT2D eigenvalue weighted by atomic mass is 16.5. The lowest BCUT2D eigenvalue weighted by atomic mass is 10.0. The minimum absolute atomic E-state index is 0.0290. The number of hydrogen-bond donors (Lipinski definition) is 1. The molecule has 2 aromatic rings. The highest BCUT2D eigenvalue weighted by molar-refractivity contribution is 6.01. The first-order chi connectivity index (χ1) is 9.11. The number of ketones is 1. The van der Waals surface area contributed by atoms with E-state index in [1.54, 1.807) is 36.2 Å². The Morgan fingerprint density at radius 2 is 2.21 bits per heavy atom. The number of aromatic nitrogens is 2. The lowest BCUT2D eigenvalue weighted by Crippen LogP contribution is -2.07. The van der Waals surface area contributed by atoms with Crippen molar-refractivity contribution in [2.24, 2.45) is 7.05 Å². The number of hydrogen-bond acceptors (Lipinski definition) is 4. The second-order valence-electron chi connectivity index (χ2n) is 4.32. The van der Waals surface area contributed by atoms with Gasteiger partial charge in [0.25, 0.3) is 0 Å². The molecule has 0 unspecified atom stereocenters. The molecule has 100 valence electrons. The molecule has 0 radical (unpaired) electrons. The van der Waals surface area contributed by atoms with Crippen LogP contribution in [-0.2, 0) is 13.5 Å². The van der Waals surface area contributed by atoms with E-state index in [9.17, 15) is 4.79 Å². The molecule has 1 aromatic heterocycles.